The number of hydrogen-bond acceptors (Lipinski definition) is 6. The zero-order valence-electron chi connectivity index (χ0n) is 22.7. The number of hydrogen-bond donors (Lipinski definition) is 1. The fourth-order valence-corrected chi connectivity index (χ4v) is 4.94. The van der Waals surface area contributed by atoms with Gasteiger partial charge in [0.15, 0.2) is 0 Å². The lowest BCUT2D eigenvalue weighted by Crippen LogP contribution is -2.52. The summed E-state index contributed by atoms with van der Waals surface area (Å²) in [6, 6.07) is 9.90. The molecule has 1 aromatic carbocycles. The first-order valence-corrected chi connectivity index (χ1v) is 16.0. The minimum Gasteiger partial charge on any atom is -0.360 e. The van der Waals surface area contributed by atoms with Crippen LogP contribution in [-0.2, 0) is 29.7 Å². The summed E-state index contributed by atoms with van der Waals surface area (Å²) in [6.45, 7) is 8.66. The van der Waals surface area contributed by atoms with Gasteiger partial charge in [-0.25, -0.2) is 19.7 Å². The van der Waals surface area contributed by atoms with Gasteiger partial charge in [0.1, 0.15) is 6.73 Å². The number of urea groups is 1. The van der Waals surface area contributed by atoms with E-state index in [9.17, 15) is 9.59 Å². The molecular formula is C26H41N5O3S2. The van der Waals surface area contributed by atoms with E-state index in [2.05, 4.69) is 56.4 Å². The van der Waals surface area contributed by atoms with Crippen molar-refractivity contribution in [2.45, 2.75) is 45.0 Å². The van der Waals surface area contributed by atoms with E-state index >= 15 is 0 Å². The number of aryl methyl sites for hydroxylation is 1. The van der Waals surface area contributed by atoms with Crippen LogP contribution in [0.25, 0.3) is 11.3 Å². The highest BCUT2D eigenvalue weighted by atomic mass is 32.3. The van der Waals surface area contributed by atoms with Crippen LogP contribution in [0, 0.1) is 0 Å². The van der Waals surface area contributed by atoms with Gasteiger partial charge in [-0.05, 0) is 57.2 Å². The largest absolute Gasteiger partial charge is 0.360 e. The SMILES string of the molecule is Cn1nc(-c2cccc(CN3CCC(=O)N(COCCS(C)(C)C)C3=O)c2)cc1CNSC(C)(C)C. The molecule has 10 heteroatoms. The molecule has 1 N–H and O–H groups in total. The topological polar surface area (TPSA) is 79.7 Å². The van der Waals surface area contributed by atoms with E-state index in [-0.39, 0.29) is 23.4 Å². The number of nitrogens with zero attached hydrogens (tertiary/aromatic N) is 4. The monoisotopic (exact) mass is 535 g/mol. The Morgan fingerprint density at radius 2 is 1.92 bits per heavy atom. The van der Waals surface area contributed by atoms with E-state index < -0.39 is 10.0 Å². The van der Waals surface area contributed by atoms with E-state index in [1.165, 1.54) is 4.90 Å². The number of rotatable bonds is 11. The molecule has 1 saturated heterocycles. The third-order valence-corrected chi connectivity index (χ3v) is 7.96. The minimum absolute atomic E-state index is 0.0158. The van der Waals surface area contributed by atoms with Crippen molar-refractivity contribution in [3.8, 4) is 11.3 Å². The van der Waals surface area contributed by atoms with Gasteiger partial charge in [0.25, 0.3) is 0 Å². The van der Waals surface area contributed by atoms with Crippen molar-refractivity contribution < 1.29 is 14.3 Å². The summed E-state index contributed by atoms with van der Waals surface area (Å²) in [5.41, 5.74) is 4.00. The Morgan fingerprint density at radius 3 is 2.61 bits per heavy atom. The van der Waals surface area contributed by atoms with Gasteiger partial charge >= 0.3 is 6.03 Å². The van der Waals surface area contributed by atoms with Gasteiger partial charge in [-0.1, -0.05) is 30.1 Å². The van der Waals surface area contributed by atoms with Gasteiger partial charge < -0.3 is 9.64 Å². The summed E-state index contributed by atoms with van der Waals surface area (Å²) in [4.78, 5) is 28.4. The number of carbonyl (C=O) groups excluding carboxylic acids is 2. The molecule has 3 rings (SSSR count). The zero-order chi connectivity index (χ0) is 26.5. The van der Waals surface area contributed by atoms with Crippen LogP contribution in [0.5, 0.6) is 0 Å². The molecule has 1 aromatic heterocycles. The van der Waals surface area contributed by atoms with Gasteiger partial charge in [0.2, 0.25) is 5.91 Å². The highest BCUT2D eigenvalue weighted by molar-refractivity contribution is 8.32. The molecule has 0 unspecified atom stereocenters. The summed E-state index contributed by atoms with van der Waals surface area (Å²) < 4.78 is 11.1. The van der Waals surface area contributed by atoms with Gasteiger partial charge in [0.05, 0.1) is 18.0 Å². The van der Waals surface area contributed by atoms with Crippen LogP contribution in [-0.4, -0.2) is 80.7 Å². The van der Waals surface area contributed by atoms with Crippen LogP contribution < -0.4 is 4.72 Å². The van der Waals surface area contributed by atoms with Crippen molar-refractivity contribution in [3.05, 3.63) is 41.6 Å². The second-order valence-corrected chi connectivity index (χ2v) is 17.3. The Balaban J connectivity index is 1.62. The van der Waals surface area contributed by atoms with E-state index in [4.69, 9.17) is 9.84 Å². The van der Waals surface area contributed by atoms with Crippen LogP contribution >= 0.6 is 22.0 Å². The molecule has 1 aliphatic heterocycles. The maximum atomic E-state index is 13.0. The van der Waals surface area contributed by atoms with Crippen molar-refractivity contribution >= 4 is 33.9 Å². The normalized spacial score (nSPS) is 15.6. The maximum absolute atomic E-state index is 13.0. The van der Waals surface area contributed by atoms with Crippen molar-refractivity contribution in [1.82, 2.24) is 24.3 Å². The van der Waals surface area contributed by atoms with Crippen LogP contribution in [0.3, 0.4) is 0 Å². The molecule has 0 bridgehead atoms. The zero-order valence-corrected chi connectivity index (χ0v) is 24.3. The number of nitrogens with one attached hydrogen (secondary N) is 1. The lowest BCUT2D eigenvalue weighted by atomic mass is 10.1. The van der Waals surface area contributed by atoms with Crippen molar-refractivity contribution in [2.75, 3.05) is 44.4 Å². The number of amides is 3. The molecule has 200 valence electrons. The average molecular weight is 536 g/mol. The summed E-state index contributed by atoms with van der Waals surface area (Å²) in [5, 5.41) is 4.70. The molecule has 0 aliphatic carbocycles. The van der Waals surface area contributed by atoms with E-state index in [1.54, 1.807) is 16.8 Å². The fraction of sp³-hybridized carbons (Fsp3) is 0.577. The Hall–Kier alpha value is -2.01. The Bertz CT molecular complexity index is 1060. The fourth-order valence-electron chi connectivity index (χ4n) is 3.67. The molecular weight excluding hydrogens is 494 g/mol. The van der Waals surface area contributed by atoms with Gasteiger partial charge in [0, 0.05) is 49.2 Å². The standard InChI is InChI=1S/C26H41N5O3S2/c1-26(2,3)35-27-17-22-16-23(28-29(22)4)21-10-8-9-20(15-21)18-30-12-11-24(32)31(25(30)33)19-34-13-14-36(5,6)7/h8-10,15-16,27H,11-14,17-19H2,1-7H3. The first kappa shape index (κ1) is 28.6. The summed E-state index contributed by atoms with van der Waals surface area (Å²) >= 11 is 1.71. The number of imide groups is 1. The maximum Gasteiger partial charge on any atom is 0.328 e. The smallest absolute Gasteiger partial charge is 0.328 e. The number of aromatic nitrogens is 2. The van der Waals surface area contributed by atoms with Crippen LogP contribution in [0.15, 0.2) is 30.3 Å². The van der Waals surface area contributed by atoms with Crippen LogP contribution in [0.1, 0.15) is 38.4 Å². The highest BCUT2D eigenvalue weighted by Gasteiger charge is 2.32. The number of benzene rings is 1. The molecule has 36 heavy (non-hydrogen) atoms. The lowest BCUT2D eigenvalue weighted by molar-refractivity contribution is -0.135. The van der Waals surface area contributed by atoms with Crippen molar-refractivity contribution in [2.24, 2.45) is 7.05 Å². The minimum atomic E-state index is -0.680. The van der Waals surface area contributed by atoms with Gasteiger partial charge in [-0.15, -0.1) is 0 Å². The summed E-state index contributed by atoms with van der Waals surface area (Å²) in [5.74, 6) is 0.771. The molecule has 8 nitrogen and oxygen atoms in total. The molecule has 0 saturated carbocycles. The molecule has 1 aliphatic rings. The third-order valence-electron chi connectivity index (χ3n) is 5.66. The van der Waals surface area contributed by atoms with Gasteiger partial charge in [-0.2, -0.15) is 5.10 Å². The van der Waals surface area contributed by atoms with E-state index in [0.717, 1.165) is 34.8 Å². The number of ether oxygens (including phenoxy) is 1. The van der Waals surface area contributed by atoms with Crippen molar-refractivity contribution in [3.63, 3.8) is 0 Å². The Kier molecular flexibility index (Phi) is 9.54. The molecule has 3 amide bonds. The quantitative estimate of drug-likeness (QED) is 0.338. The van der Waals surface area contributed by atoms with Crippen LogP contribution in [0.2, 0.25) is 0 Å². The molecule has 0 spiro atoms. The second-order valence-electron chi connectivity index (χ2n) is 11.0. The summed E-state index contributed by atoms with van der Waals surface area (Å²) in [6.07, 6.45) is 6.97. The molecule has 0 radical (unpaired) electrons. The molecule has 2 heterocycles. The second kappa shape index (κ2) is 12.0. The Morgan fingerprint density at radius 1 is 1.17 bits per heavy atom. The molecule has 2 aromatic rings. The van der Waals surface area contributed by atoms with Crippen LogP contribution in [0.4, 0.5) is 4.79 Å². The number of carbonyl (C=O) groups is 2. The van der Waals surface area contributed by atoms with Crippen molar-refractivity contribution in [1.29, 1.82) is 0 Å². The average Bonchev–Trinajstić information content (AvgIpc) is 3.14. The molecule has 1 fully saturated rings. The third kappa shape index (κ3) is 8.54. The first-order chi connectivity index (χ1) is 16.8. The predicted molar refractivity (Wildman–Crippen MR) is 151 cm³/mol. The molecule has 0 atom stereocenters. The van der Waals surface area contributed by atoms with E-state index in [1.807, 2.05) is 29.9 Å². The van der Waals surface area contributed by atoms with Gasteiger partial charge in [-0.3, -0.25) is 14.2 Å². The Labute approximate surface area is 221 Å². The van der Waals surface area contributed by atoms with E-state index in [0.29, 0.717) is 26.1 Å². The lowest BCUT2D eigenvalue weighted by Gasteiger charge is -2.34. The first-order valence-electron chi connectivity index (χ1n) is 12.2. The highest BCUT2D eigenvalue weighted by Crippen LogP contribution is 2.33. The summed E-state index contributed by atoms with van der Waals surface area (Å²) in [7, 11) is 1.27. The predicted octanol–water partition coefficient (Wildman–Crippen LogP) is 4.45.